The third-order valence-corrected chi connectivity index (χ3v) is 3.70. The van der Waals surface area contributed by atoms with Gasteiger partial charge in [-0.15, -0.1) is 0 Å². The van der Waals surface area contributed by atoms with Crippen LogP contribution in [0.2, 0.25) is 0 Å². The molecule has 1 fully saturated rings. The van der Waals surface area contributed by atoms with Crippen molar-refractivity contribution in [1.29, 1.82) is 0 Å². The predicted molar refractivity (Wildman–Crippen MR) is 81.8 cm³/mol. The Labute approximate surface area is 122 Å². The molecule has 2 atom stereocenters. The van der Waals surface area contributed by atoms with Gasteiger partial charge in [0.25, 0.3) is 0 Å². The van der Waals surface area contributed by atoms with Crippen LogP contribution in [0.15, 0.2) is 24.3 Å². The van der Waals surface area contributed by atoms with E-state index in [2.05, 4.69) is 45.0 Å². The van der Waals surface area contributed by atoms with Gasteiger partial charge in [-0.25, -0.2) is 0 Å². The van der Waals surface area contributed by atoms with Crippen LogP contribution in [0.1, 0.15) is 65.0 Å². The predicted octanol–water partition coefficient (Wildman–Crippen LogP) is 4.43. The molecule has 0 spiro atoms. The summed E-state index contributed by atoms with van der Waals surface area (Å²) >= 11 is 0. The Balaban J connectivity index is 2.00. The monoisotopic (exact) mass is 274 g/mol. The molecule has 20 heavy (non-hydrogen) atoms. The Morgan fingerprint density at radius 2 is 1.60 bits per heavy atom. The van der Waals surface area contributed by atoms with E-state index in [4.69, 9.17) is 4.74 Å². The Morgan fingerprint density at radius 1 is 1.05 bits per heavy atom. The van der Waals surface area contributed by atoms with Crippen LogP contribution >= 0.6 is 0 Å². The highest BCUT2D eigenvalue weighted by Crippen LogP contribution is 2.48. The maximum absolute atomic E-state index is 12.0. The lowest BCUT2D eigenvalue weighted by molar-refractivity contribution is -0.156. The van der Waals surface area contributed by atoms with Crippen LogP contribution in [0.4, 0.5) is 0 Å². The second-order valence-corrected chi connectivity index (χ2v) is 7.85. The molecular formula is C18H26O2. The fraction of sp³-hybridized carbons (Fsp3) is 0.611. The average molecular weight is 274 g/mol. The van der Waals surface area contributed by atoms with Crippen molar-refractivity contribution in [2.75, 3.05) is 0 Å². The molecule has 0 heterocycles. The van der Waals surface area contributed by atoms with Gasteiger partial charge in [-0.1, -0.05) is 45.0 Å². The van der Waals surface area contributed by atoms with Crippen molar-refractivity contribution in [3.63, 3.8) is 0 Å². The van der Waals surface area contributed by atoms with Gasteiger partial charge in [-0.3, -0.25) is 4.79 Å². The zero-order chi connectivity index (χ0) is 15.1. The molecule has 2 heteroatoms. The van der Waals surface area contributed by atoms with Gasteiger partial charge in [0.15, 0.2) is 0 Å². The molecule has 110 valence electrons. The molecule has 1 saturated carbocycles. The molecule has 0 amide bonds. The second kappa shape index (κ2) is 4.91. The SMILES string of the molecule is CC(C)(C)OC(=O)C1CC1c1ccc(C(C)(C)C)cc1. The molecule has 0 bridgehead atoms. The zero-order valence-corrected chi connectivity index (χ0v) is 13.5. The Hall–Kier alpha value is -1.31. The highest BCUT2D eigenvalue weighted by molar-refractivity contribution is 5.77. The van der Waals surface area contributed by atoms with Crippen LogP contribution in [-0.2, 0) is 14.9 Å². The largest absolute Gasteiger partial charge is 0.460 e. The molecule has 2 unspecified atom stereocenters. The minimum Gasteiger partial charge on any atom is -0.460 e. The van der Waals surface area contributed by atoms with Crippen LogP contribution in [0.3, 0.4) is 0 Å². The van der Waals surface area contributed by atoms with Crippen LogP contribution in [0.25, 0.3) is 0 Å². The molecular weight excluding hydrogens is 248 g/mol. The van der Waals surface area contributed by atoms with E-state index in [-0.39, 0.29) is 22.9 Å². The van der Waals surface area contributed by atoms with Gasteiger partial charge in [0.05, 0.1) is 5.92 Å². The quantitative estimate of drug-likeness (QED) is 0.746. The van der Waals surface area contributed by atoms with Gasteiger partial charge in [0, 0.05) is 0 Å². The molecule has 1 aliphatic carbocycles. The van der Waals surface area contributed by atoms with Gasteiger partial charge in [-0.2, -0.15) is 0 Å². The molecule has 0 aliphatic heterocycles. The Kier molecular flexibility index (Phi) is 3.70. The highest BCUT2D eigenvalue weighted by Gasteiger charge is 2.46. The van der Waals surface area contributed by atoms with Crippen LogP contribution in [-0.4, -0.2) is 11.6 Å². The molecule has 2 rings (SSSR count). The van der Waals surface area contributed by atoms with Gasteiger partial charge in [-0.05, 0) is 49.7 Å². The van der Waals surface area contributed by atoms with E-state index in [0.717, 1.165) is 6.42 Å². The fourth-order valence-electron chi connectivity index (χ4n) is 2.43. The van der Waals surface area contributed by atoms with E-state index in [1.807, 2.05) is 20.8 Å². The molecule has 0 radical (unpaired) electrons. The summed E-state index contributed by atoms with van der Waals surface area (Å²) in [5.41, 5.74) is 2.37. The summed E-state index contributed by atoms with van der Waals surface area (Å²) in [4.78, 5) is 12.0. The average Bonchev–Trinajstić information content (AvgIpc) is 3.05. The molecule has 1 aliphatic rings. The first-order valence-corrected chi connectivity index (χ1v) is 7.41. The van der Waals surface area contributed by atoms with Crippen LogP contribution in [0, 0.1) is 5.92 Å². The minimum atomic E-state index is -0.389. The first-order valence-electron chi connectivity index (χ1n) is 7.41. The molecule has 1 aromatic carbocycles. The number of esters is 1. The maximum atomic E-state index is 12.0. The van der Waals surface area contributed by atoms with Crippen molar-refractivity contribution in [3.8, 4) is 0 Å². The number of rotatable bonds is 2. The van der Waals surface area contributed by atoms with Crippen LogP contribution in [0.5, 0.6) is 0 Å². The summed E-state index contributed by atoms with van der Waals surface area (Å²) in [6.45, 7) is 12.4. The first kappa shape index (κ1) is 15.1. The van der Waals surface area contributed by atoms with Gasteiger partial charge in [0.2, 0.25) is 0 Å². The van der Waals surface area contributed by atoms with Gasteiger partial charge < -0.3 is 4.74 Å². The van der Waals surface area contributed by atoms with Crippen molar-refractivity contribution >= 4 is 5.97 Å². The molecule has 0 N–H and O–H groups in total. The number of ether oxygens (including phenoxy) is 1. The van der Waals surface area contributed by atoms with Crippen molar-refractivity contribution in [1.82, 2.24) is 0 Å². The Bertz CT molecular complexity index is 486. The Morgan fingerprint density at radius 3 is 2.05 bits per heavy atom. The lowest BCUT2D eigenvalue weighted by atomic mass is 9.86. The number of carbonyl (C=O) groups excluding carboxylic acids is 1. The van der Waals surface area contributed by atoms with Crippen molar-refractivity contribution in [3.05, 3.63) is 35.4 Å². The lowest BCUT2D eigenvalue weighted by Gasteiger charge is -2.20. The zero-order valence-electron chi connectivity index (χ0n) is 13.5. The summed E-state index contributed by atoms with van der Waals surface area (Å²) in [5.74, 6) is 0.343. The highest BCUT2D eigenvalue weighted by atomic mass is 16.6. The summed E-state index contributed by atoms with van der Waals surface area (Å²) in [7, 11) is 0. The van der Waals surface area contributed by atoms with E-state index in [1.54, 1.807) is 0 Å². The maximum Gasteiger partial charge on any atom is 0.310 e. The number of hydrogen-bond acceptors (Lipinski definition) is 2. The fourth-order valence-corrected chi connectivity index (χ4v) is 2.43. The molecule has 2 nitrogen and oxygen atoms in total. The van der Waals surface area contributed by atoms with E-state index in [9.17, 15) is 4.79 Å². The standard InChI is InChI=1S/C18H26O2/c1-17(2,3)13-9-7-12(8-10-13)14-11-15(14)16(19)20-18(4,5)6/h7-10,14-15H,11H2,1-6H3. The molecule has 0 aromatic heterocycles. The topological polar surface area (TPSA) is 26.3 Å². The second-order valence-electron chi connectivity index (χ2n) is 7.85. The number of hydrogen-bond donors (Lipinski definition) is 0. The van der Waals surface area contributed by atoms with Gasteiger partial charge in [0.1, 0.15) is 5.60 Å². The summed E-state index contributed by atoms with van der Waals surface area (Å²) in [6, 6.07) is 8.69. The summed E-state index contributed by atoms with van der Waals surface area (Å²) in [6.07, 6.45) is 0.920. The van der Waals surface area contributed by atoms with Gasteiger partial charge >= 0.3 is 5.97 Å². The first-order chi connectivity index (χ1) is 9.08. The van der Waals surface area contributed by atoms with E-state index in [1.165, 1.54) is 11.1 Å². The summed E-state index contributed by atoms with van der Waals surface area (Å²) < 4.78 is 5.45. The van der Waals surface area contributed by atoms with Crippen molar-refractivity contribution < 1.29 is 9.53 Å². The lowest BCUT2D eigenvalue weighted by Crippen LogP contribution is -2.25. The third-order valence-electron chi connectivity index (χ3n) is 3.70. The molecule has 0 saturated heterocycles. The minimum absolute atomic E-state index is 0.0507. The number of benzene rings is 1. The van der Waals surface area contributed by atoms with E-state index in [0.29, 0.717) is 5.92 Å². The van der Waals surface area contributed by atoms with E-state index >= 15 is 0 Å². The van der Waals surface area contributed by atoms with E-state index < -0.39 is 0 Å². The third kappa shape index (κ3) is 3.62. The summed E-state index contributed by atoms with van der Waals surface area (Å²) in [5, 5.41) is 0. The molecule has 1 aromatic rings. The van der Waals surface area contributed by atoms with Crippen LogP contribution < -0.4 is 0 Å². The van der Waals surface area contributed by atoms with Crippen molar-refractivity contribution in [2.24, 2.45) is 5.92 Å². The normalized spacial score (nSPS) is 22.5. The van der Waals surface area contributed by atoms with Crippen molar-refractivity contribution in [2.45, 2.75) is 64.9 Å². The smallest absolute Gasteiger partial charge is 0.310 e. The number of carbonyl (C=O) groups is 1.